The highest BCUT2D eigenvalue weighted by Crippen LogP contribution is 2.22. The number of nitrogens with zero attached hydrogens (tertiary/aromatic N) is 3. The number of hydrogen-bond donors (Lipinski definition) is 1. The first kappa shape index (κ1) is 17.7. The van der Waals surface area contributed by atoms with Crippen molar-refractivity contribution in [2.24, 2.45) is 11.7 Å². The van der Waals surface area contributed by atoms with E-state index in [-0.39, 0.29) is 12.4 Å². The van der Waals surface area contributed by atoms with Crippen LogP contribution in [-0.4, -0.2) is 36.6 Å². The third kappa shape index (κ3) is 4.44. The second-order valence-electron chi connectivity index (χ2n) is 6.04. The highest BCUT2D eigenvalue weighted by Gasteiger charge is 2.21. The van der Waals surface area contributed by atoms with E-state index in [9.17, 15) is 0 Å². The van der Waals surface area contributed by atoms with Gasteiger partial charge < -0.3 is 10.6 Å². The quantitative estimate of drug-likeness (QED) is 0.914. The smallest absolute Gasteiger partial charge is 0.132 e. The number of aromatic nitrogens is 1. The molecule has 1 saturated heterocycles. The van der Waals surface area contributed by atoms with Crippen LogP contribution in [0.1, 0.15) is 12.0 Å². The Bertz CT molecular complexity index is 588. The van der Waals surface area contributed by atoms with Crippen LogP contribution in [0.3, 0.4) is 0 Å². The molecule has 0 saturated carbocycles. The topological polar surface area (TPSA) is 45.4 Å². The predicted octanol–water partition coefficient (Wildman–Crippen LogP) is 3.05. The van der Waals surface area contributed by atoms with Crippen molar-refractivity contribution in [2.75, 3.05) is 31.6 Å². The molecule has 1 aromatic heterocycles. The van der Waals surface area contributed by atoms with Gasteiger partial charge in [0.1, 0.15) is 5.82 Å². The van der Waals surface area contributed by atoms with Gasteiger partial charge in [-0.1, -0.05) is 24.3 Å². The summed E-state index contributed by atoms with van der Waals surface area (Å²) in [6.45, 7) is 4.03. The molecule has 2 aromatic rings. The number of hydrogen-bond acceptors (Lipinski definition) is 4. The van der Waals surface area contributed by atoms with Crippen LogP contribution in [0, 0.1) is 5.92 Å². The van der Waals surface area contributed by atoms with Crippen molar-refractivity contribution in [1.82, 2.24) is 9.88 Å². The fourth-order valence-electron chi connectivity index (χ4n) is 3.00. The van der Waals surface area contributed by atoms with E-state index >= 15 is 0 Å². The van der Waals surface area contributed by atoms with E-state index < -0.39 is 0 Å². The van der Waals surface area contributed by atoms with Crippen LogP contribution in [0.2, 0.25) is 0 Å². The normalized spacial score (nSPS) is 17.7. The molecule has 4 nitrogen and oxygen atoms in total. The Morgan fingerprint density at radius 2 is 2.00 bits per heavy atom. The van der Waals surface area contributed by atoms with Crippen LogP contribution in [0.4, 0.5) is 11.5 Å². The standard InChI is InChI=1S/C18H24N4.ClH/c1-21(17-5-3-2-4-6-17)18-8-7-16(12-20-18)14-22-10-9-15(11-19)13-22;/h2-8,12,15H,9-11,13-14,19H2,1H3;1H. The Balaban J connectivity index is 0.00000192. The molecule has 1 atom stereocenters. The molecule has 1 aliphatic heterocycles. The lowest BCUT2D eigenvalue weighted by Gasteiger charge is -2.19. The number of rotatable bonds is 5. The number of likely N-dealkylation sites (tertiary alicyclic amines) is 1. The first-order chi connectivity index (χ1) is 10.8. The summed E-state index contributed by atoms with van der Waals surface area (Å²) in [6, 6.07) is 14.6. The van der Waals surface area contributed by atoms with Crippen LogP contribution in [0.15, 0.2) is 48.7 Å². The van der Waals surface area contributed by atoms with Gasteiger partial charge in [0.15, 0.2) is 0 Å². The lowest BCUT2D eigenvalue weighted by Crippen LogP contribution is -2.23. The molecule has 1 aliphatic rings. The van der Waals surface area contributed by atoms with Crippen molar-refractivity contribution >= 4 is 23.9 Å². The maximum absolute atomic E-state index is 5.75. The van der Waals surface area contributed by atoms with Gasteiger partial charge in [0, 0.05) is 32.0 Å². The number of pyridine rings is 1. The van der Waals surface area contributed by atoms with E-state index in [0.29, 0.717) is 5.92 Å². The highest BCUT2D eigenvalue weighted by atomic mass is 35.5. The molecular weight excluding hydrogens is 308 g/mol. The summed E-state index contributed by atoms with van der Waals surface area (Å²) in [4.78, 5) is 9.18. The summed E-state index contributed by atoms with van der Waals surface area (Å²) >= 11 is 0. The molecular formula is C18H25ClN4. The summed E-state index contributed by atoms with van der Waals surface area (Å²) in [5.74, 6) is 1.63. The zero-order chi connectivity index (χ0) is 15.4. The Kier molecular flexibility index (Phi) is 6.39. The zero-order valence-corrected chi connectivity index (χ0v) is 14.4. The van der Waals surface area contributed by atoms with E-state index in [1.165, 1.54) is 12.0 Å². The van der Waals surface area contributed by atoms with Crippen molar-refractivity contribution < 1.29 is 0 Å². The number of halogens is 1. The molecule has 2 N–H and O–H groups in total. The number of anilines is 2. The van der Waals surface area contributed by atoms with Crippen molar-refractivity contribution in [3.05, 3.63) is 54.2 Å². The SMILES string of the molecule is CN(c1ccccc1)c1ccc(CN2CCC(CN)C2)cn1.Cl. The molecule has 0 amide bonds. The third-order valence-corrected chi connectivity index (χ3v) is 4.41. The van der Waals surface area contributed by atoms with Crippen molar-refractivity contribution in [1.29, 1.82) is 0 Å². The molecule has 0 bridgehead atoms. The molecule has 2 heterocycles. The van der Waals surface area contributed by atoms with Gasteiger partial charge in [-0.3, -0.25) is 4.90 Å². The summed E-state index contributed by atoms with van der Waals surface area (Å²) in [6.07, 6.45) is 3.21. The summed E-state index contributed by atoms with van der Waals surface area (Å²) in [7, 11) is 2.05. The van der Waals surface area contributed by atoms with Gasteiger partial charge in [-0.05, 0) is 49.2 Å². The largest absolute Gasteiger partial charge is 0.330 e. The van der Waals surface area contributed by atoms with E-state index in [4.69, 9.17) is 5.73 Å². The Labute approximate surface area is 144 Å². The van der Waals surface area contributed by atoms with Gasteiger partial charge in [0.05, 0.1) is 0 Å². The van der Waals surface area contributed by atoms with Crippen LogP contribution >= 0.6 is 12.4 Å². The van der Waals surface area contributed by atoms with E-state index in [1.54, 1.807) is 0 Å². The molecule has 1 aromatic carbocycles. The zero-order valence-electron chi connectivity index (χ0n) is 13.6. The second kappa shape index (κ2) is 8.29. The molecule has 3 rings (SSSR count). The minimum absolute atomic E-state index is 0. The van der Waals surface area contributed by atoms with Crippen LogP contribution in [-0.2, 0) is 6.54 Å². The van der Waals surface area contributed by atoms with Crippen molar-refractivity contribution in [3.8, 4) is 0 Å². The average molecular weight is 333 g/mol. The van der Waals surface area contributed by atoms with Gasteiger partial charge in [-0.15, -0.1) is 12.4 Å². The molecule has 124 valence electrons. The predicted molar refractivity (Wildman–Crippen MR) is 98.4 cm³/mol. The summed E-state index contributed by atoms with van der Waals surface area (Å²) in [5, 5.41) is 0. The Hall–Kier alpha value is -1.62. The average Bonchev–Trinajstić information content (AvgIpc) is 3.03. The van der Waals surface area contributed by atoms with Gasteiger partial charge in [-0.25, -0.2) is 4.98 Å². The molecule has 23 heavy (non-hydrogen) atoms. The molecule has 1 unspecified atom stereocenters. The molecule has 0 spiro atoms. The summed E-state index contributed by atoms with van der Waals surface area (Å²) < 4.78 is 0. The lowest BCUT2D eigenvalue weighted by molar-refractivity contribution is 0.317. The third-order valence-electron chi connectivity index (χ3n) is 4.41. The summed E-state index contributed by atoms with van der Waals surface area (Å²) in [5.41, 5.74) is 8.17. The van der Waals surface area contributed by atoms with Gasteiger partial charge in [-0.2, -0.15) is 0 Å². The van der Waals surface area contributed by atoms with E-state index in [2.05, 4.69) is 39.0 Å². The fraction of sp³-hybridized carbons (Fsp3) is 0.389. The second-order valence-corrected chi connectivity index (χ2v) is 6.04. The first-order valence-corrected chi connectivity index (χ1v) is 7.92. The Morgan fingerprint density at radius 3 is 2.61 bits per heavy atom. The molecule has 0 radical (unpaired) electrons. The molecule has 5 heteroatoms. The van der Waals surface area contributed by atoms with E-state index in [0.717, 1.165) is 37.7 Å². The monoisotopic (exact) mass is 332 g/mol. The van der Waals surface area contributed by atoms with Gasteiger partial charge >= 0.3 is 0 Å². The fourth-order valence-corrected chi connectivity index (χ4v) is 3.00. The minimum Gasteiger partial charge on any atom is -0.330 e. The number of benzene rings is 1. The van der Waals surface area contributed by atoms with Crippen molar-refractivity contribution in [2.45, 2.75) is 13.0 Å². The van der Waals surface area contributed by atoms with Gasteiger partial charge in [0.25, 0.3) is 0 Å². The van der Waals surface area contributed by atoms with Crippen molar-refractivity contribution in [3.63, 3.8) is 0 Å². The number of nitrogens with two attached hydrogens (primary N) is 1. The first-order valence-electron chi connectivity index (χ1n) is 7.92. The maximum Gasteiger partial charge on any atom is 0.132 e. The van der Waals surface area contributed by atoms with Crippen LogP contribution in [0.25, 0.3) is 0 Å². The lowest BCUT2D eigenvalue weighted by atomic mass is 10.1. The minimum atomic E-state index is 0. The van der Waals surface area contributed by atoms with Crippen LogP contribution < -0.4 is 10.6 Å². The number of para-hydroxylation sites is 1. The van der Waals surface area contributed by atoms with Crippen LogP contribution in [0.5, 0.6) is 0 Å². The molecule has 0 aliphatic carbocycles. The highest BCUT2D eigenvalue weighted by molar-refractivity contribution is 5.85. The maximum atomic E-state index is 5.75. The molecule has 1 fully saturated rings. The van der Waals surface area contributed by atoms with Gasteiger partial charge in [0.2, 0.25) is 0 Å². The Morgan fingerprint density at radius 1 is 1.22 bits per heavy atom. The van der Waals surface area contributed by atoms with E-state index in [1.807, 2.05) is 31.4 Å².